The maximum absolute atomic E-state index is 12.0. The summed E-state index contributed by atoms with van der Waals surface area (Å²) in [5.41, 5.74) is 0.282. The zero-order valence-corrected chi connectivity index (χ0v) is 11.2. The number of hydrogen-bond acceptors (Lipinski definition) is 5. The molecule has 0 radical (unpaired) electrons. The second-order valence-electron chi connectivity index (χ2n) is 3.79. The van der Waals surface area contributed by atoms with Crippen molar-refractivity contribution in [1.82, 2.24) is 4.90 Å². The van der Waals surface area contributed by atoms with Gasteiger partial charge in [0.2, 0.25) is 0 Å². The Balaban J connectivity index is 3.15. The average Bonchev–Trinajstić information content (AvgIpc) is 2.34. The number of thioether (sulfide) groups is 1. The van der Waals surface area contributed by atoms with E-state index in [-0.39, 0.29) is 11.5 Å². The zero-order chi connectivity index (χ0) is 13.7. The number of carbonyl (C=O) groups is 1. The van der Waals surface area contributed by atoms with Crippen LogP contribution in [-0.4, -0.2) is 36.0 Å². The highest BCUT2D eigenvalue weighted by Gasteiger charge is 2.14. The van der Waals surface area contributed by atoms with Gasteiger partial charge in [0.1, 0.15) is 0 Å². The van der Waals surface area contributed by atoms with Gasteiger partial charge in [-0.25, -0.2) is 0 Å². The molecule has 5 nitrogen and oxygen atoms in total. The van der Waals surface area contributed by atoms with Gasteiger partial charge in [0, 0.05) is 49.0 Å². The Labute approximate surface area is 110 Å². The van der Waals surface area contributed by atoms with Crippen molar-refractivity contribution < 1.29 is 9.72 Å². The van der Waals surface area contributed by atoms with Crippen molar-refractivity contribution in [2.75, 3.05) is 20.4 Å². The molecule has 18 heavy (non-hydrogen) atoms. The molecule has 0 aromatic heterocycles. The maximum atomic E-state index is 12.0. The van der Waals surface area contributed by atoms with Crippen LogP contribution in [0, 0.1) is 10.1 Å². The fourth-order valence-electron chi connectivity index (χ4n) is 1.31. The van der Waals surface area contributed by atoms with Crippen LogP contribution >= 0.6 is 11.8 Å². The van der Waals surface area contributed by atoms with Crippen LogP contribution in [0.4, 0.5) is 5.69 Å². The van der Waals surface area contributed by atoms with Gasteiger partial charge >= 0.3 is 0 Å². The number of carbonyl (C=O) groups excluding carboxylic acids is 1. The van der Waals surface area contributed by atoms with Crippen molar-refractivity contribution >= 4 is 23.2 Å². The number of rotatable bonds is 5. The number of ketones is 1. The number of nitro benzene ring substituents is 1. The van der Waals surface area contributed by atoms with Crippen LogP contribution in [0.15, 0.2) is 35.4 Å². The van der Waals surface area contributed by atoms with E-state index in [0.29, 0.717) is 5.56 Å². The van der Waals surface area contributed by atoms with E-state index in [0.717, 1.165) is 4.90 Å². The van der Waals surface area contributed by atoms with E-state index in [1.54, 1.807) is 31.3 Å². The summed E-state index contributed by atoms with van der Waals surface area (Å²) in [7, 11) is 3.60. The minimum atomic E-state index is -0.503. The van der Waals surface area contributed by atoms with Crippen LogP contribution in [0.5, 0.6) is 0 Å². The maximum Gasteiger partial charge on any atom is 0.270 e. The summed E-state index contributed by atoms with van der Waals surface area (Å²) in [5.74, 6) is -0.239. The molecule has 0 saturated heterocycles. The van der Waals surface area contributed by atoms with Crippen molar-refractivity contribution in [3.63, 3.8) is 0 Å². The predicted octanol–water partition coefficient (Wildman–Crippen LogP) is 2.57. The molecule has 0 fully saturated rings. The van der Waals surface area contributed by atoms with E-state index in [2.05, 4.69) is 0 Å². The summed E-state index contributed by atoms with van der Waals surface area (Å²) >= 11 is 1.39. The average molecular weight is 266 g/mol. The Bertz CT molecular complexity index is 498. The Kier molecular flexibility index (Phi) is 4.91. The van der Waals surface area contributed by atoms with Crippen LogP contribution in [0.2, 0.25) is 0 Å². The van der Waals surface area contributed by atoms with Crippen molar-refractivity contribution in [3.05, 3.63) is 46.2 Å². The third-order valence-corrected chi connectivity index (χ3v) is 2.98. The molecule has 0 N–H and O–H groups in total. The Morgan fingerprint density at radius 2 is 2.11 bits per heavy atom. The molecule has 0 heterocycles. The smallest absolute Gasteiger partial charge is 0.270 e. The molecule has 0 amide bonds. The molecule has 6 heteroatoms. The van der Waals surface area contributed by atoms with Gasteiger partial charge in [-0.3, -0.25) is 14.9 Å². The number of benzene rings is 1. The largest absolute Gasteiger partial charge is 0.383 e. The van der Waals surface area contributed by atoms with Crippen LogP contribution in [0.25, 0.3) is 0 Å². The van der Waals surface area contributed by atoms with Crippen molar-refractivity contribution in [3.8, 4) is 0 Å². The number of non-ortho nitro benzene ring substituents is 1. The lowest BCUT2D eigenvalue weighted by molar-refractivity contribution is -0.384. The predicted molar refractivity (Wildman–Crippen MR) is 72.0 cm³/mol. The third-order valence-electron chi connectivity index (χ3n) is 2.18. The number of hydrogen-bond donors (Lipinski definition) is 0. The van der Waals surface area contributed by atoms with Crippen LogP contribution in [-0.2, 0) is 0 Å². The molecule has 0 saturated carbocycles. The lowest BCUT2D eigenvalue weighted by Crippen LogP contribution is -2.04. The van der Waals surface area contributed by atoms with Crippen molar-refractivity contribution in [2.45, 2.75) is 4.90 Å². The van der Waals surface area contributed by atoms with Gasteiger partial charge in [0.05, 0.1) is 4.92 Å². The Morgan fingerprint density at radius 3 is 2.61 bits per heavy atom. The minimum Gasteiger partial charge on any atom is -0.383 e. The van der Waals surface area contributed by atoms with Gasteiger partial charge in [-0.1, -0.05) is 0 Å². The first kappa shape index (κ1) is 14.2. The molecule has 0 bridgehead atoms. The fourth-order valence-corrected chi connectivity index (χ4v) is 1.89. The Hall–Kier alpha value is -1.82. The quantitative estimate of drug-likeness (QED) is 0.269. The van der Waals surface area contributed by atoms with Gasteiger partial charge < -0.3 is 4.90 Å². The molecular weight excluding hydrogens is 252 g/mol. The summed E-state index contributed by atoms with van der Waals surface area (Å²) in [4.78, 5) is 24.6. The molecule has 1 rings (SSSR count). The first-order valence-corrected chi connectivity index (χ1v) is 6.39. The Morgan fingerprint density at radius 1 is 1.44 bits per heavy atom. The molecule has 1 aromatic rings. The fraction of sp³-hybridized carbons (Fsp3) is 0.250. The van der Waals surface area contributed by atoms with Crippen molar-refractivity contribution in [1.29, 1.82) is 0 Å². The molecule has 1 aromatic carbocycles. The van der Waals surface area contributed by atoms with E-state index in [4.69, 9.17) is 0 Å². The van der Waals surface area contributed by atoms with E-state index >= 15 is 0 Å². The van der Waals surface area contributed by atoms with Gasteiger partial charge in [-0.05, 0) is 12.3 Å². The van der Waals surface area contributed by atoms with Crippen molar-refractivity contribution in [2.24, 2.45) is 0 Å². The number of allylic oxidation sites excluding steroid dienone is 1. The molecule has 96 valence electrons. The molecule has 0 spiro atoms. The third kappa shape index (κ3) is 3.59. The van der Waals surface area contributed by atoms with Crippen LogP contribution in [0.1, 0.15) is 10.4 Å². The molecule has 0 aliphatic carbocycles. The first-order valence-electron chi connectivity index (χ1n) is 5.17. The topological polar surface area (TPSA) is 63.5 Å². The zero-order valence-electron chi connectivity index (χ0n) is 10.4. The molecular formula is C12H14N2O3S. The highest BCUT2D eigenvalue weighted by molar-refractivity contribution is 7.98. The summed E-state index contributed by atoms with van der Waals surface area (Å²) in [6.45, 7) is 0. The monoisotopic (exact) mass is 266 g/mol. The van der Waals surface area contributed by atoms with Crippen LogP contribution < -0.4 is 0 Å². The van der Waals surface area contributed by atoms with E-state index < -0.39 is 4.92 Å². The summed E-state index contributed by atoms with van der Waals surface area (Å²) < 4.78 is 0. The molecule has 0 aliphatic heterocycles. The second kappa shape index (κ2) is 6.20. The highest BCUT2D eigenvalue weighted by atomic mass is 32.2. The lowest BCUT2D eigenvalue weighted by atomic mass is 10.1. The van der Waals surface area contributed by atoms with Gasteiger partial charge in [-0.2, -0.15) is 0 Å². The number of nitrogens with zero attached hydrogens (tertiary/aromatic N) is 2. The molecule has 0 unspecified atom stereocenters. The first-order chi connectivity index (χ1) is 8.45. The highest BCUT2D eigenvalue weighted by Crippen LogP contribution is 2.25. The SMILES string of the molecule is CSc1ccc([N+](=O)[O-])cc1C(=O)/C=C/N(C)C. The van der Waals surface area contributed by atoms with E-state index in [1.807, 2.05) is 6.26 Å². The van der Waals surface area contributed by atoms with Gasteiger partial charge in [-0.15, -0.1) is 11.8 Å². The normalized spacial score (nSPS) is 10.6. The minimum absolute atomic E-state index is 0.0746. The van der Waals surface area contributed by atoms with Crippen LogP contribution in [0.3, 0.4) is 0 Å². The summed E-state index contributed by atoms with van der Waals surface area (Å²) in [5, 5.41) is 10.7. The van der Waals surface area contributed by atoms with E-state index in [9.17, 15) is 14.9 Å². The standard InChI is InChI=1S/C12H14N2O3S/c1-13(2)7-6-11(15)10-8-9(14(16)17)4-5-12(10)18-3/h4-8H,1-3H3/b7-6+. The van der Waals surface area contributed by atoms with E-state index in [1.165, 1.54) is 30.0 Å². The number of nitro groups is 1. The molecule has 0 aliphatic rings. The lowest BCUT2D eigenvalue weighted by Gasteiger charge is -2.05. The second-order valence-corrected chi connectivity index (χ2v) is 4.63. The van der Waals surface area contributed by atoms with Gasteiger partial charge in [0.25, 0.3) is 5.69 Å². The van der Waals surface area contributed by atoms with Gasteiger partial charge in [0.15, 0.2) is 5.78 Å². The summed E-state index contributed by atoms with van der Waals surface area (Å²) in [6.07, 6.45) is 4.84. The summed E-state index contributed by atoms with van der Waals surface area (Å²) in [6, 6.07) is 4.31. The molecule has 0 atom stereocenters.